The SMILES string of the molecule is C/C(=N\N=Nc1ccc(N(C)C)cc1)c1ccccc1. The molecule has 0 aliphatic carbocycles. The lowest BCUT2D eigenvalue weighted by Gasteiger charge is -2.11. The van der Waals surface area contributed by atoms with Crippen molar-refractivity contribution in [2.75, 3.05) is 19.0 Å². The molecule has 0 fully saturated rings. The molecule has 0 aromatic heterocycles. The normalized spacial score (nSPS) is 11.8. The third-order valence-corrected chi connectivity index (χ3v) is 2.91. The zero-order chi connectivity index (χ0) is 14.4. The van der Waals surface area contributed by atoms with Crippen molar-refractivity contribution in [1.29, 1.82) is 0 Å². The Kier molecular flexibility index (Phi) is 4.60. The van der Waals surface area contributed by atoms with Crippen LogP contribution in [0.5, 0.6) is 0 Å². The van der Waals surface area contributed by atoms with Crippen molar-refractivity contribution in [3.8, 4) is 0 Å². The van der Waals surface area contributed by atoms with E-state index in [9.17, 15) is 0 Å². The molecule has 2 aromatic rings. The van der Waals surface area contributed by atoms with Crippen molar-refractivity contribution < 1.29 is 0 Å². The zero-order valence-corrected chi connectivity index (χ0v) is 12.0. The molecule has 0 saturated heterocycles. The van der Waals surface area contributed by atoms with E-state index in [-0.39, 0.29) is 0 Å². The van der Waals surface area contributed by atoms with Crippen molar-refractivity contribution in [3.05, 3.63) is 60.2 Å². The topological polar surface area (TPSA) is 40.3 Å². The van der Waals surface area contributed by atoms with Crippen LogP contribution >= 0.6 is 0 Å². The van der Waals surface area contributed by atoms with Gasteiger partial charge in [-0.05, 0) is 42.0 Å². The molecule has 20 heavy (non-hydrogen) atoms. The molecular formula is C16H18N4. The zero-order valence-electron chi connectivity index (χ0n) is 12.0. The summed E-state index contributed by atoms with van der Waals surface area (Å²) in [5.41, 5.74) is 3.82. The third-order valence-electron chi connectivity index (χ3n) is 2.91. The third kappa shape index (κ3) is 3.75. The smallest absolute Gasteiger partial charge is 0.0876 e. The van der Waals surface area contributed by atoms with Gasteiger partial charge in [-0.3, -0.25) is 0 Å². The predicted octanol–water partition coefficient (Wildman–Crippen LogP) is 4.26. The van der Waals surface area contributed by atoms with Crippen LogP contribution in [0.2, 0.25) is 0 Å². The van der Waals surface area contributed by atoms with Crippen LogP contribution in [-0.4, -0.2) is 19.8 Å². The minimum absolute atomic E-state index is 0.792. The van der Waals surface area contributed by atoms with Crippen LogP contribution in [0.1, 0.15) is 12.5 Å². The molecule has 0 heterocycles. The summed E-state index contributed by atoms with van der Waals surface area (Å²) in [4.78, 5) is 2.04. The summed E-state index contributed by atoms with van der Waals surface area (Å²) in [5, 5.41) is 12.1. The standard InChI is InChI=1S/C16H18N4/c1-13(14-7-5-4-6-8-14)17-19-18-15-9-11-16(12-10-15)20(2)3/h4-12H,1-3H3/b17-13+,19-18?. The highest BCUT2D eigenvalue weighted by atomic mass is 15.4. The molecule has 0 aliphatic rings. The number of hydrogen-bond donors (Lipinski definition) is 0. The fourth-order valence-corrected chi connectivity index (χ4v) is 1.70. The highest BCUT2D eigenvalue weighted by Crippen LogP contribution is 2.18. The van der Waals surface area contributed by atoms with Crippen molar-refractivity contribution in [2.24, 2.45) is 15.4 Å². The molecule has 2 rings (SSSR count). The van der Waals surface area contributed by atoms with Gasteiger partial charge in [-0.2, -0.15) is 0 Å². The Morgan fingerprint density at radius 1 is 0.900 bits per heavy atom. The quantitative estimate of drug-likeness (QED) is 0.463. The Labute approximate surface area is 119 Å². The second-order valence-corrected chi connectivity index (χ2v) is 4.65. The minimum atomic E-state index is 0.792. The summed E-state index contributed by atoms with van der Waals surface area (Å²) in [6.07, 6.45) is 0. The van der Waals surface area contributed by atoms with E-state index in [2.05, 4.69) is 15.4 Å². The molecule has 0 N–H and O–H groups in total. The fraction of sp³-hybridized carbons (Fsp3) is 0.188. The lowest BCUT2D eigenvalue weighted by atomic mass is 10.1. The van der Waals surface area contributed by atoms with Crippen molar-refractivity contribution in [1.82, 2.24) is 0 Å². The molecule has 4 nitrogen and oxygen atoms in total. The molecular weight excluding hydrogens is 248 g/mol. The highest BCUT2D eigenvalue weighted by Gasteiger charge is 1.96. The second kappa shape index (κ2) is 6.61. The molecule has 0 aliphatic heterocycles. The van der Waals surface area contributed by atoms with E-state index >= 15 is 0 Å². The van der Waals surface area contributed by atoms with Crippen molar-refractivity contribution in [3.63, 3.8) is 0 Å². The van der Waals surface area contributed by atoms with Crippen LogP contribution in [0, 0.1) is 0 Å². The Morgan fingerprint density at radius 3 is 2.15 bits per heavy atom. The molecule has 4 heteroatoms. The monoisotopic (exact) mass is 266 g/mol. The molecule has 0 unspecified atom stereocenters. The van der Waals surface area contributed by atoms with Gasteiger partial charge in [-0.1, -0.05) is 30.3 Å². The van der Waals surface area contributed by atoms with E-state index in [1.54, 1.807) is 0 Å². The molecule has 0 bridgehead atoms. The van der Waals surface area contributed by atoms with Crippen molar-refractivity contribution >= 4 is 17.1 Å². The number of hydrogen-bond acceptors (Lipinski definition) is 3. The number of anilines is 1. The summed E-state index contributed by atoms with van der Waals surface area (Å²) in [6, 6.07) is 17.8. The van der Waals surface area contributed by atoms with Crippen LogP contribution in [-0.2, 0) is 0 Å². The van der Waals surface area contributed by atoms with Crippen molar-refractivity contribution in [2.45, 2.75) is 6.92 Å². The number of nitrogens with zero attached hydrogens (tertiary/aromatic N) is 4. The van der Waals surface area contributed by atoms with Gasteiger partial charge in [0.2, 0.25) is 0 Å². The fourth-order valence-electron chi connectivity index (χ4n) is 1.70. The van der Waals surface area contributed by atoms with E-state index in [1.165, 1.54) is 0 Å². The predicted molar refractivity (Wildman–Crippen MR) is 83.9 cm³/mol. The minimum Gasteiger partial charge on any atom is -0.378 e. The van der Waals surface area contributed by atoms with E-state index in [1.807, 2.05) is 80.5 Å². The molecule has 0 amide bonds. The summed E-state index contributed by atoms with van der Waals surface area (Å²) >= 11 is 0. The average Bonchev–Trinajstić information content (AvgIpc) is 2.48. The van der Waals surface area contributed by atoms with Gasteiger partial charge in [0.1, 0.15) is 0 Å². The molecule has 0 radical (unpaired) electrons. The van der Waals surface area contributed by atoms with E-state index in [0.29, 0.717) is 0 Å². The maximum absolute atomic E-state index is 4.11. The molecule has 0 saturated carbocycles. The van der Waals surface area contributed by atoms with Gasteiger partial charge >= 0.3 is 0 Å². The lowest BCUT2D eigenvalue weighted by molar-refractivity contribution is 1.05. The maximum Gasteiger partial charge on any atom is 0.0876 e. The highest BCUT2D eigenvalue weighted by molar-refractivity contribution is 5.98. The Hall–Kier alpha value is -2.49. The number of benzene rings is 2. The summed E-state index contributed by atoms with van der Waals surface area (Å²) in [6.45, 7) is 1.92. The average molecular weight is 266 g/mol. The summed E-state index contributed by atoms with van der Waals surface area (Å²) in [7, 11) is 4.01. The molecule has 0 atom stereocenters. The van der Waals surface area contributed by atoms with Gasteiger partial charge in [0.25, 0.3) is 0 Å². The van der Waals surface area contributed by atoms with Gasteiger partial charge < -0.3 is 4.90 Å². The van der Waals surface area contributed by atoms with Crippen LogP contribution in [0.15, 0.2) is 70.0 Å². The maximum atomic E-state index is 4.11. The van der Waals surface area contributed by atoms with E-state index in [4.69, 9.17) is 0 Å². The molecule has 0 spiro atoms. The summed E-state index contributed by atoms with van der Waals surface area (Å²) < 4.78 is 0. The van der Waals surface area contributed by atoms with Crippen LogP contribution < -0.4 is 4.90 Å². The van der Waals surface area contributed by atoms with Gasteiger partial charge in [0.15, 0.2) is 0 Å². The first-order valence-corrected chi connectivity index (χ1v) is 6.45. The lowest BCUT2D eigenvalue weighted by Crippen LogP contribution is -2.07. The summed E-state index contributed by atoms with van der Waals surface area (Å²) in [5.74, 6) is 0. The Morgan fingerprint density at radius 2 is 1.55 bits per heavy atom. The number of rotatable bonds is 4. The Bertz CT molecular complexity index is 598. The van der Waals surface area contributed by atoms with Gasteiger partial charge in [0, 0.05) is 19.8 Å². The van der Waals surface area contributed by atoms with Gasteiger partial charge in [0.05, 0.1) is 11.4 Å². The first kappa shape index (κ1) is 13.9. The molecule has 2 aromatic carbocycles. The first-order chi connectivity index (χ1) is 9.66. The van der Waals surface area contributed by atoms with Crippen LogP contribution in [0.4, 0.5) is 11.4 Å². The van der Waals surface area contributed by atoms with Gasteiger partial charge in [-0.15, -0.1) is 10.2 Å². The molecule has 102 valence electrons. The first-order valence-electron chi connectivity index (χ1n) is 6.45. The van der Waals surface area contributed by atoms with E-state index < -0.39 is 0 Å². The van der Waals surface area contributed by atoms with Gasteiger partial charge in [-0.25, -0.2) is 0 Å². The van der Waals surface area contributed by atoms with E-state index in [0.717, 1.165) is 22.6 Å². The second-order valence-electron chi connectivity index (χ2n) is 4.65. The van der Waals surface area contributed by atoms with Crippen LogP contribution in [0.3, 0.4) is 0 Å². The van der Waals surface area contributed by atoms with Crippen LogP contribution in [0.25, 0.3) is 0 Å². The Balaban J connectivity index is 2.06. The largest absolute Gasteiger partial charge is 0.378 e.